The number of hydrogen-bond donors (Lipinski definition) is 3. The number of carbonyl (C=O) groups is 1. The van der Waals surface area contributed by atoms with Gasteiger partial charge in [-0.3, -0.25) is 25.7 Å². The number of phenolic OH excluding ortho intramolecular Hbond substituents is 2. The van der Waals surface area contributed by atoms with Crippen LogP contribution < -0.4 is 10.2 Å². The molecule has 31 heavy (non-hydrogen) atoms. The standard InChI is InChI=1S/C18H18N4O9/c1-3-30-18(25)9-31-17-7-13(14(21(26)27)8-15(17)22(28)29)20-19-10(2)12-6-11(23)4-5-16(12)24/h4-8,20,23-24H,3,9H2,1-2H3/b19-10-. The number of benzene rings is 2. The molecule has 2 aromatic carbocycles. The van der Waals surface area contributed by atoms with Crippen LogP contribution in [0.5, 0.6) is 17.2 Å². The molecule has 0 aliphatic heterocycles. The molecule has 0 saturated carbocycles. The summed E-state index contributed by atoms with van der Waals surface area (Å²) in [6.45, 7) is 2.45. The Morgan fingerprint density at radius 3 is 2.42 bits per heavy atom. The van der Waals surface area contributed by atoms with Gasteiger partial charge in [-0.2, -0.15) is 5.10 Å². The molecule has 0 atom stereocenters. The largest absolute Gasteiger partial charge is 0.508 e. The van der Waals surface area contributed by atoms with Gasteiger partial charge < -0.3 is 19.7 Å². The van der Waals surface area contributed by atoms with E-state index < -0.39 is 39.5 Å². The number of phenols is 2. The summed E-state index contributed by atoms with van der Waals surface area (Å²) in [5.41, 5.74) is 1.02. The quantitative estimate of drug-likeness (QED) is 0.174. The third-order valence-electron chi connectivity index (χ3n) is 3.84. The number of ether oxygens (including phenoxy) is 2. The van der Waals surface area contributed by atoms with Crippen molar-refractivity contribution in [2.75, 3.05) is 18.6 Å². The van der Waals surface area contributed by atoms with Crippen LogP contribution in [0.15, 0.2) is 35.4 Å². The summed E-state index contributed by atoms with van der Waals surface area (Å²) in [4.78, 5) is 32.4. The lowest BCUT2D eigenvalue weighted by molar-refractivity contribution is -0.394. The van der Waals surface area contributed by atoms with Crippen LogP contribution in [0.4, 0.5) is 17.1 Å². The van der Waals surface area contributed by atoms with E-state index in [0.717, 1.165) is 6.07 Å². The molecule has 13 heteroatoms. The summed E-state index contributed by atoms with van der Waals surface area (Å²) in [7, 11) is 0. The number of nitro groups is 2. The van der Waals surface area contributed by atoms with E-state index in [1.165, 1.54) is 25.1 Å². The maximum Gasteiger partial charge on any atom is 0.344 e. The smallest absolute Gasteiger partial charge is 0.344 e. The number of aromatic hydroxyl groups is 2. The minimum atomic E-state index is -0.892. The zero-order valence-corrected chi connectivity index (χ0v) is 16.4. The molecular weight excluding hydrogens is 416 g/mol. The third-order valence-corrected chi connectivity index (χ3v) is 3.84. The van der Waals surface area contributed by atoms with Gasteiger partial charge in [-0.25, -0.2) is 4.79 Å². The van der Waals surface area contributed by atoms with Gasteiger partial charge in [-0.05, 0) is 32.0 Å². The number of esters is 1. The minimum absolute atomic E-state index is 0.0766. The number of carbonyl (C=O) groups excluding carboxylic acids is 1. The number of rotatable bonds is 9. The Kier molecular flexibility index (Phi) is 7.28. The molecular formula is C18H18N4O9. The molecule has 0 heterocycles. The van der Waals surface area contributed by atoms with Gasteiger partial charge in [0.1, 0.15) is 23.3 Å². The lowest BCUT2D eigenvalue weighted by Crippen LogP contribution is -2.15. The van der Waals surface area contributed by atoms with Gasteiger partial charge in [0.15, 0.2) is 12.4 Å². The Morgan fingerprint density at radius 2 is 1.81 bits per heavy atom. The molecule has 0 saturated heterocycles. The molecule has 0 amide bonds. The lowest BCUT2D eigenvalue weighted by Gasteiger charge is -2.10. The van der Waals surface area contributed by atoms with Crippen LogP contribution in [0.1, 0.15) is 19.4 Å². The van der Waals surface area contributed by atoms with E-state index in [-0.39, 0.29) is 35.1 Å². The molecule has 13 nitrogen and oxygen atoms in total. The number of hydrogen-bond acceptors (Lipinski definition) is 11. The van der Waals surface area contributed by atoms with Crippen molar-refractivity contribution in [3.63, 3.8) is 0 Å². The van der Waals surface area contributed by atoms with Crippen molar-refractivity contribution in [2.45, 2.75) is 13.8 Å². The Morgan fingerprint density at radius 1 is 1.13 bits per heavy atom. The summed E-state index contributed by atoms with van der Waals surface area (Å²) in [6.07, 6.45) is 0. The molecule has 0 spiro atoms. The van der Waals surface area contributed by atoms with Crippen molar-refractivity contribution in [1.29, 1.82) is 0 Å². The van der Waals surface area contributed by atoms with E-state index in [9.17, 15) is 35.2 Å². The van der Waals surface area contributed by atoms with Crippen molar-refractivity contribution < 1.29 is 34.3 Å². The fourth-order valence-electron chi connectivity index (χ4n) is 2.41. The maximum absolute atomic E-state index is 11.5. The average Bonchev–Trinajstić information content (AvgIpc) is 2.71. The number of anilines is 1. The second kappa shape index (κ2) is 9.87. The van der Waals surface area contributed by atoms with Gasteiger partial charge in [0.05, 0.1) is 22.2 Å². The second-order valence-corrected chi connectivity index (χ2v) is 5.96. The second-order valence-electron chi connectivity index (χ2n) is 5.96. The highest BCUT2D eigenvalue weighted by Crippen LogP contribution is 2.38. The van der Waals surface area contributed by atoms with Gasteiger partial charge in [0, 0.05) is 11.6 Å². The maximum atomic E-state index is 11.5. The zero-order valence-electron chi connectivity index (χ0n) is 16.4. The number of nitrogens with zero attached hydrogens (tertiary/aromatic N) is 3. The first-order chi connectivity index (χ1) is 14.6. The first-order valence-electron chi connectivity index (χ1n) is 8.72. The highest BCUT2D eigenvalue weighted by molar-refractivity contribution is 6.01. The Labute approximate surface area is 174 Å². The fourth-order valence-corrected chi connectivity index (χ4v) is 2.41. The van der Waals surface area contributed by atoms with E-state index >= 15 is 0 Å². The van der Waals surface area contributed by atoms with E-state index in [0.29, 0.717) is 6.07 Å². The molecule has 0 fully saturated rings. The van der Waals surface area contributed by atoms with Crippen LogP contribution >= 0.6 is 0 Å². The van der Waals surface area contributed by atoms with E-state index in [1.807, 2.05) is 0 Å². The number of nitrogens with one attached hydrogen (secondary N) is 1. The van der Waals surface area contributed by atoms with Crippen molar-refractivity contribution >= 4 is 28.7 Å². The summed E-state index contributed by atoms with van der Waals surface area (Å²) in [5, 5.41) is 46.0. The predicted octanol–water partition coefficient (Wildman–Crippen LogP) is 2.69. The first kappa shape index (κ1) is 22.9. The SMILES string of the molecule is CCOC(=O)COc1cc(N/N=C(/C)c2cc(O)ccc2O)c([N+](=O)[O-])cc1[N+](=O)[O-]. The monoisotopic (exact) mass is 434 g/mol. The molecule has 3 N–H and O–H groups in total. The molecule has 0 aliphatic carbocycles. The topological polar surface area (TPSA) is 187 Å². The average molecular weight is 434 g/mol. The Hall–Kier alpha value is -4.42. The normalized spacial score (nSPS) is 11.0. The van der Waals surface area contributed by atoms with E-state index in [4.69, 9.17) is 4.74 Å². The lowest BCUT2D eigenvalue weighted by atomic mass is 10.1. The van der Waals surface area contributed by atoms with Crippen LogP contribution in [0, 0.1) is 20.2 Å². The molecule has 2 rings (SSSR count). The van der Waals surface area contributed by atoms with Crippen LogP contribution in [-0.2, 0) is 9.53 Å². The molecule has 2 aromatic rings. The van der Waals surface area contributed by atoms with Gasteiger partial charge in [0.25, 0.3) is 0 Å². The van der Waals surface area contributed by atoms with Crippen molar-refractivity contribution in [3.05, 3.63) is 56.1 Å². The van der Waals surface area contributed by atoms with Crippen LogP contribution in [0.2, 0.25) is 0 Å². The van der Waals surface area contributed by atoms with Crippen molar-refractivity contribution in [1.82, 2.24) is 0 Å². The van der Waals surface area contributed by atoms with Gasteiger partial charge >= 0.3 is 17.3 Å². The van der Waals surface area contributed by atoms with Crippen LogP contribution in [-0.4, -0.2) is 45.0 Å². The summed E-state index contributed by atoms with van der Waals surface area (Å²) < 4.78 is 9.80. The van der Waals surface area contributed by atoms with Crippen LogP contribution in [0.3, 0.4) is 0 Å². The summed E-state index contributed by atoms with van der Waals surface area (Å²) >= 11 is 0. The first-order valence-corrected chi connectivity index (χ1v) is 8.72. The molecule has 0 radical (unpaired) electrons. The van der Waals surface area contributed by atoms with Crippen molar-refractivity contribution in [3.8, 4) is 17.2 Å². The Bertz CT molecular complexity index is 1050. The Balaban J connectivity index is 2.43. The number of nitro benzene ring substituents is 2. The zero-order chi connectivity index (χ0) is 23.1. The minimum Gasteiger partial charge on any atom is -0.508 e. The number of hydrazone groups is 1. The van der Waals surface area contributed by atoms with Gasteiger partial charge in [-0.1, -0.05) is 0 Å². The summed E-state index contributed by atoms with van der Waals surface area (Å²) in [5.74, 6) is -1.53. The van der Waals surface area contributed by atoms with E-state index in [2.05, 4.69) is 15.3 Å². The molecule has 164 valence electrons. The van der Waals surface area contributed by atoms with Gasteiger partial charge in [0.2, 0.25) is 0 Å². The highest BCUT2D eigenvalue weighted by atomic mass is 16.6. The van der Waals surface area contributed by atoms with Gasteiger partial charge in [-0.15, -0.1) is 0 Å². The third kappa shape index (κ3) is 5.79. The molecule has 0 aromatic heterocycles. The fraction of sp³-hybridized carbons (Fsp3) is 0.222. The molecule has 0 bridgehead atoms. The van der Waals surface area contributed by atoms with E-state index in [1.54, 1.807) is 6.92 Å². The highest BCUT2D eigenvalue weighted by Gasteiger charge is 2.26. The summed E-state index contributed by atoms with van der Waals surface area (Å²) in [6, 6.07) is 5.34. The van der Waals surface area contributed by atoms with Crippen molar-refractivity contribution in [2.24, 2.45) is 5.10 Å². The molecule has 0 unspecified atom stereocenters. The molecule has 0 aliphatic rings. The predicted molar refractivity (Wildman–Crippen MR) is 107 cm³/mol. The van der Waals surface area contributed by atoms with Crippen LogP contribution in [0.25, 0.3) is 0 Å².